The van der Waals surface area contributed by atoms with E-state index >= 15 is 0 Å². The van der Waals surface area contributed by atoms with Gasteiger partial charge in [-0.05, 0) is 47.9 Å². The highest BCUT2D eigenvalue weighted by Gasteiger charge is 2.18. The highest BCUT2D eigenvalue weighted by atomic mass is 16.5. The molecule has 7 aromatic rings. The van der Waals surface area contributed by atoms with E-state index in [0.717, 1.165) is 32.9 Å². The number of nitrogens with zero attached hydrogens (tertiary/aromatic N) is 5. The molecule has 37 heavy (non-hydrogen) atoms. The van der Waals surface area contributed by atoms with Crippen molar-refractivity contribution in [3.05, 3.63) is 109 Å². The summed E-state index contributed by atoms with van der Waals surface area (Å²) in [6.45, 7) is 0. The number of pyridine rings is 1. The summed E-state index contributed by atoms with van der Waals surface area (Å²) in [5, 5.41) is 13.7. The van der Waals surface area contributed by atoms with E-state index in [0.29, 0.717) is 22.6 Å². The minimum atomic E-state index is -0.153. The number of hydrogen-bond acceptors (Lipinski definition) is 6. The molecule has 7 heteroatoms. The standard InChI is InChI=1S/C30H19N5O2/c36-30-33-25-14-5-6-15-26(25)35(30)28-23-12-3-4-13-24(23)32-29(34-28)37-21-10-7-9-20(18-21)27-22-11-2-1-8-19(22)16-17-31-27/h1-18H,(H,33,36). The molecule has 0 radical (unpaired) electrons. The maximum Gasteiger partial charge on any atom is 0.324 e. The number of benzene rings is 4. The molecule has 7 nitrogen and oxygen atoms in total. The van der Waals surface area contributed by atoms with Gasteiger partial charge in [0.25, 0.3) is 0 Å². The van der Waals surface area contributed by atoms with Crippen molar-refractivity contribution in [3.63, 3.8) is 0 Å². The Morgan fingerprint density at radius 3 is 2.38 bits per heavy atom. The number of aromatic nitrogens is 5. The zero-order chi connectivity index (χ0) is 24.8. The maximum absolute atomic E-state index is 10.7. The Bertz CT molecular complexity index is 1940. The molecule has 0 spiro atoms. The second-order valence-corrected chi connectivity index (χ2v) is 8.59. The Hall–Kier alpha value is -5.30. The average Bonchev–Trinajstić information content (AvgIpc) is 3.28. The molecule has 0 aliphatic rings. The lowest BCUT2D eigenvalue weighted by atomic mass is 10.0. The molecular weight excluding hydrogens is 462 g/mol. The molecule has 1 N–H and O–H groups in total. The summed E-state index contributed by atoms with van der Waals surface area (Å²) in [4.78, 5) is 18.3. The molecule has 0 amide bonds. The van der Waals surface area contributed by atoms with Crippen molar-refractivity contribution in [1.82, 2.24) is 24.5 Å². The molecule has 0 fully saturated rings. The van der Waals surface area contributed by atoms with Crippen LogP contribution in [-0.4, -0.2) is 29.6 Å². The summed E-state index contributed by atoms with van der Waals surface area (Å²) in [5.41, 5.74) is 3.89. The molecule has 0 atom stereocenters. The van der Waals surface area contributed by atoms with Crippen LogP contribution >= 0.6 is 0 Å². The fourth-order valence-corrected chi connectivity index (χ4v) is 4.64. The van der Waals surface area contributed by atoms with Gasteiger partial charge < -0.3 is 9.84 Å². The maximum atomic E-state index is 10.7. The van der Waals surface area contributed by atoms with Crippen LogP contribution in [0.15, 0.2) is 109 Å². The predicted octanol–water partition coefficient (Wildman–Crippen LogP) is 6.68. The van der Waals surface area contributed by atoms with E-state index in [-0.39, 0.29) is 12.0 Å². The molecule has 176 valence electrons. The quantitative estimate of drug-likeness (QED) is 0.302. The van der Waals surface area contributed by atoms with Gasteiger partial charge in [0.1, 0.15) is 5.75 Å². The van der Waals surface area contributed by atoms with Crippen LogP contribution in [0.3, 0.4) is 0 Å². The third-order valence-corrected chi connectivity index (χ3v) is 6.31. The van der Waals surface area contributed by atoms with E-state index in [1.165, 1.54) is 0 Å². The van der Waals surface area contributed by atoms with Crippen molar-refractivity contribution in [2.75, 3.05) is 0 Å². The van der Waals surface area contributed by atoms with E-state index < -0.39 is 0 Å². The van der Waals surface area contributed by atoms with Gasteiger partial charge in [0.15, 0.2) is 5.82 Å². The van der Waals surface area contributed by atoms with E-state index in [2.05, 4.69) is 27.1 Å². The van der Waals surface area contributed by atoms with Gasteiger partial charge in [0.05, 0.1) is 22.2 Å². The Kier molecular flexibility index (Phi) is 4.79. The molecular formula is C30H19N5O2. The first-order valence-corrected chi connectivity index (χ1v) is 11.8. The van der Waals surface area contributed by atoms with Crippen LogP contribution in [0.1, 0.15) is 0 Å². The largest absolute Gasteiger partial charge is 0.480 e. The summed E-state index contributed by atoms with van der Waals surface area (Å²) in [6.07, 6.45) is 1.81. The SMILES string of the molecule is Oc1nc2ccccc2n1-c1nc(Oc2cccc(-c3nccc4ccccc34)c2)nc2ccccc12. The summed E-state index contributed by atoms with van der Waals surface area (Å²) >= 11 is 0. The molecule has 4 aromatic carbocycles. The summed E-state index contributed by atoms with van der Waals surface area (Å²) in [5.74, 6) is 1.06. The number of para-hydroxylation sites is 3. The van der Waals surface area contributed by atoms with Crippen LogP contribution in [0.4, 0.5) is 0 Å². The Labute approximate surface area is 211 Å². The fourth-order valence-electron chi connectivity index (χ4n) is 4.64. The first kappa shape index (κ1) is 21.0. The van der Waals surface area contributed by atoms with E-state index in [1.54, 1.807) is 4.57 Å². The van der Waals surface area contributed by atoms with Gasteiger partial charge in [-0.15, -0.1) is 0 Å². The minimum absolute atomic E-state index is 0.153. The Balaban J connectivity index is 1.35. The number of hydrogen-bond donors (Lipinski definition) is 1. The Morgan fingerprint density at radius 2 is 1.46 bits per heavy atom. The Morgan fingerprint density at radius 1 is 0.676 bits per heavy atom. The normalized spacial score (nSPS) is 11.4. The molecule has 0 saturated carbocycles. The molecule has 0 unspecified atom stereocenters. The van der Waals surface area contributed by atoms with Gasteiger partial charge in [-0.2, -0.15) is 15.0 Å². The van der Waals surface area contributed by atoms with Gasteiger partial charge in [-0.1, -0.05) is 60.7 Å². The van der Waals surface area contributed by atoms with Gasteiger partial charge >= 0.3 is 12.0 Å². The van der Waals surface area contributed by atoms with Crippen LogP contribution in [0.25, 0.3) is 49.8 Å². The third-order valence-electron chi connectivity index (χ3n) is 6.31. The number of ether oxygens (including phenoxy) is 1. The lowest BCUT2D eigenvalue weighted by molar-refractivity contribution is 0.420. The molecule has 0 aliphatic carbocycles. The van der Waals surface area contributed by atoms with E-state index in [9.17, 15) is 5.11 Å². The lowest BCUT2D eigenvalue weighted by Crippen LogP contribution is -2.02. The van der Waals surface area contributed by atoms with Gasteiger partial charge in [0, 0.05) is 22.5 Å². The third kappa shape index (κ3) is 3.61. The first-order valence-electron chi connectivity index (χ1n) is 11.8. The second kappa shape index (κ2) is 8.42. The monoisotopic (exact) mass is 481 g/mol. The predicted molar refractivity (Wildman–Crippen MR) is 143 cm³/mol. The molecule has 0 aliphatic heterocycles. The number of imidazole rings is 1. The fraction of sp³-hybridized carbons (Fsp3) is 0. The van der Waals surface area contributed by atoms with Crippen molar-refractivity contribution >= 4 is 32.7 Å². The van der Waals surface area contributed by atoms with Crippen molar-refractivity contribution in [3.8, 4) is 34.8 Å². The summed E-state index contributed by atoms with van der Waals surface area (Å²) in [7, 11) is 0. The zero-order valence-electron chi connectivity index (χ0n) is 19.5. The van der Waals surface area contributed by atoms with Gasteiger partial charge in [-0.3, -0.25) is 4.98 Å². The molecule has 0 saturated heterocycles. The molecule has 7 rings (SSSR count). The summed E-state index contributed by atoms with van der Waals surface area (Å²) in [6, 6.07) is 33.0. The molecule has 3 aromatic heterocycles. The first-order chi connectivity index (χ1) is 18.2. The van der Waals surface area contributed by atoms with Crippen LogP contribution in [0, 0.1) is 0 Å². The molecule has 0 bridgehead atoms. The van der Waals surface area contributed by atoms with Crippen LogP contribution in [0.2, 0.25) is 0 Å². The zero-order valence-corrected chi connectivity index (χ0v) is 19.5. The average molecular weight is 482 g/mol. The summed E-state index contributed by atoms with van der Waals surface area (Å²) < 4.78 is 7.80. The number of fused-ring (bicyclic) bond motifs is 3. The van der Waals surface area contributed by atoms with E-state index in [4.69, 9.17) is 9.72 Å². The van der Waals surface area contributed by atoms with Crippen LogP contribution < -0.4 is 4.74 Å². The second-order valence-electron chi connectivity index (χ2n) is 8.59. The minimum Gasteiger partial charge on any atom is -0.480 e. The smallest absolute Gasteiger partial charge is 0.324 e. The topological polar surface area (TPSA) is 86.0 Å². The van der Waals surface area contributed by atoms with Crippen molar-refractivity contribution in [1.29, 1.82) is 0 Å². The highest BCUT2D eigenvalue weighted by Crippen LogP contribution is 2.33. The molecule has 3 heterocycles. The number of aromatic hydroxyl groups is 1. The van der Waals surface area contributed by atoms with E-state index in [1.807, 2.05) is 97.2 Å². The lowest BCUT2D eigenvalue weighted by Gasteiger charge is -2.12. The van der Waals surface area contributed by atoms with Gasteiger partial charge in [0.2, 0.25) is 0 Å². The van der Waals surface area contributed by atoms with Crippen LogP contribution in [0.5, 0.6) is 17.8 Å². The van der Waals surface area contributed by atoms with Gasteiger partial charge in [-0.25, -0.2) is 4.57 Å². The van der Waals surface area contributed by atoms with Crippen molar-refractivity contribution in [2.45, 2.75) is 0 Å². The van der Waals surface area contributed by atoms with Crippen LogP contribution in [-0.2, 0) is 0 Å². The van der Waals surface area contributed by atoms with Crippen molar-refractivity contribution < 1.29 is 9.84 Å². The number of rotatable bonds is 4. The van der Waals surface area contributed by atoms with Crippen molar-refractivity contribution in [2.24, 2.45) is 0 Å². The highest BCUT2D eigenvalue weighted by molar-refractivity contribution is 5.94.